The third-order valence-electron chi connectivity index (χ3n) is 4.23. The highest BCUT2D eigenvalue weighted by molar-refractivity contribution is 6.07. The van der Waals surface area contributed by atoms with E-state index in [0.29, 0.717) is 11.5 Å². The monoisotopic (exact) mass is 295 g/mol. The maximum absolute atomic E-state index is 6.17. The Balaban J connectivity index is 1.91. The van der Waals surface area contributed by atoms with Crippen LogP contribution < -0.4 is 14.2 Å². The first-order valence-electron chi connectivity index (χ1n) is 7.38. The molecule has 0 radical (unpaired) electrons. The van der Waals surface area contributed by atoms with Crippen molar-refractivity contribution in [3.8, 4) is 23.0 Å². The van der Waals surface area contributed by atoms with Crippen molar-refractivity contribution >= 4 is 5.71 Å². The van der Waals surface area contributed by atoms with E-state index in [-0.39, 0.29) is 0 Å². The Kier molecular flexibility index (Phi) is 3.03. The summed E-state index contributed by atoms with van der Waals surface area (Å²) in [6.07, 6.45) is 1.72. The first-order valence-corrected chi connectivity index (χ1v) is 7.38. The highest BCUT2D eigenvalue weighted by Crippen LogP contribution is 2.42. The van der Waals surface area contributed by atoms with E-state index in [1.165, 1.54) is 5.56 Å². The number of hydrogen-bond donors (Lipinski definition) is 0. The van der Waals surface area contributed by atoms with E-state index in [1.807, 2.05) is 24.3 Å². The molecular weight excluding hydrogens is 278 g/mol. The second-order valence-corrected chi connectivity index (χ2v) is 5.46. The summed E-state index contributed by atoms with van der Waals surface area (Å²) in [7, 11) is 3.28. The van der Waals surface area contributed by atoms with E-state index in [1.54, 1.807) is 14.2 Å². The molecule has 2 aliphatic rings. The third kappa shape index (κ3) is 1.95. The van der Waals surface area contributed by atoms with Crippen LogP contribution in [0.4, 0.5) is 0 Å². The van der Waals surface area contributed by atoms with Gasteiger partial charge in [-0.1, -0.05) is 12.1 Å². The lowest BCUT2D eigenvalue weighted by atomic mass is 9.93. The molecule has 0 aromatic heterocycles. The van der Waals surface area contributed by atoms with Crippen LogP contribution >= 0.6 is 0 Å². The highest BCUT2D eigenvalue weighted by atomic mass is 16.5. The van der Waals surface area contributed by atoms with Gasteiger partial charge in [0.15, 0.2) is 11.5 Å². The van der Waals surface area contributed by atoms with Crippen molar-refractivity contribution in [3.05, 3.63) is 47.0 Å². The predicted molar refractivity (Wildman–Crippen MR) is 84.9 cm³/mol. The molecule has 22 heavy (non-hydrogen) atoms. The predicted octanol–water partition coefficient (Wildman–Crippen LogP) is 3.40. The molecule has 112 valence electrons. The summed E-state index contributed by atoms with van der Waals surface area (Å²) in [5, 5.41) is 0. The molecule has 0 saturated carbocycles. The summed E-state index contributed by atoms with van der Waals surface area (Å²) in [6.45, 7) is 0.842. The van der Waals surface area contributed by atoms with Gasteiger partial charge in [-0.2, -0.15) is 0 Å². The van der Waals surface area contributed by atoms with Gasteiger partial charge in [-0.25, -0.2) is 0 Å². The third-order valence-corrected chi connectivity index (χ3v) is 4.23. The zero-order valence-electron chi connectivity index (χ0n) is 12.7. The fourth-order valence-electron chi connectivity index (χ4n) is 3.17. The van der Waals surface area contributed by atoms with E-state index in [0.717, 1.165) is 47.7 Å². The average molecular weight is 295 g/mol. The van der Waals surface area contributed by atoms with Crippen molar-refractivity contribution in [1.29, 1.82) is 0 Å². The molecule has 0 N–H and O–H groups in total. The molecule has 2 aliphatic heterocycles. The van der Waals surface area contributed by atoms with E-state index < -0.39 is 0 Å². The number of benzene rings is 2. The number of methoxy groups -OCH3 is 2. The number of fused-ring (bicyclic) bond motifs is 1. The van der Waals surface area contributed by atoms with Gasteiger partial charge < -0.3 is 14.2 Å². The molecule has 0 atom stereocenters. The molecule has 0 amide bonds. The second-order valence-electron chi connectivity index (χ2n) is 5.46. The smallest absolute Gasteiger partial charge is 0.164 e. The van der Waals surface area contributed by atoms with Crippen molar-refractivity contribution in [2.45, 2.75) is 12.8 Å². The first kappa shape index (κ1) is 13.2. The topological polar surface area (TPSA) is 40.0 Å². The summed E-state index contributed by atoms with van der Waals surface area (Å²) in [6, 6.07) is 10.1. The van der Waals surface area contributed by atoms with E-state index >= 15 is 0 Å². The quantitative estimate of drug-likeness (QED) is 0.852. The molecule has 2 heterocycles. The van der Waals surface area contributed by atoms with E-state index in [4.69, 9.17) is 19.2 Å². The van der Waals surface area contributed by atoms with Crippen molar-refractivity contribution < 1.29 is 14.2 Å². The Morgan fingerprint density at radius 1 is 1.00 bits per heavy atom. The van der Waals surface area contributed by atoms with Gasteiger partial charge in [0.25, 0.3) is 0 Å². The summed E-state index contributed by atoms with van der Waals surface area (Å²) in [5.74, 6) is 3.08. The van der Waals surface area contributed by atoms with Crippen LogP contribution in [0.15, 0.2) is 35.3 Å². The van der Waals surface area contributed by atoms with Gasteiger partial charge in [0.2, 0.25) is 0 Å². The van der Waals surface area contributed by atoms with Crippen LogP contribution in [0, 0.1) is 0 Å². The minimum absolute atomic E-state index is 0.675. The van der Waals surface area contributed by atoms with E-state index in [9.17, 15) is 0 Å². The summed E-state index contributed by atoms with van der Waals surface area (Å²) >= 11 is 0. The Morgan fingerprint density at radius 2 is 1.82 bits per heavy atom. The summed E-state index contributed by atoms with van der Waals surface area (Å²) in [5.41, 5.74) is 4.64. The van der Waals surface area contributed by atoms with Gasteiger partial charge in [0.1, 0.15) is 11.5 Å². The minimum Gasteiger partial charge on any atom is -0.493 e. The number of nitrogens with zero attached hydrogens (tertiary/aromatic N) is 1. The SMILES string of the molecule is COc1cc2c(cc1OC)Oc1cccc3c1C(=NCC3)C2. The molecule has 0 bridgehead atoms. The van der Waals surface area contributed by atoms with Gasteiger partial charge in [-0.15, -0.1) is 0 Å². The van der Waals surface area contributed by atoms with Crippen LogP contribution in [-0.4, -0.2) is 26.5 Å². The van der Waals surface area contributed by atoms with Crippen LogP contribution in [-0.2, 0) is 12.8 Å². The van der Waals surface area contributed by atoms with Gasteiger partial charge in [0, 0.05) is 30.2 Å². The van der Waals surface area contributed by atoms with Crippen molar-refractivity contribution in [2.75, 3.05) is 20.8 Å². The number of ether oxygens (including phenoxy) is 3. The van der Waals surface area contributed by atoms with Crippen LogP contribution in [0.3, 0.4) is 0 Å². The van der Waals surface area contributed by atoms with Gasteiger partial charge >= 0.3 is 0 Å². The number of rotatable bonds is 2. The first-order chi connectivity index (χ1) is 10.8. The highest BCUT2D eigenvalue weighted by Gasteiger charge is 2.25. The fraction of sp³-hybridized carbons (Fsp3) is 0.278. The van der Waals surface area contributed by atoms with Gasteiger partial charge in [-0.05, 0) is 24.1 Å². The fourth-order valence-corrected chi connectivity index (χ4v) is 3.17. The van der Waals surface area contributed by atoms with Crippen LogP contribution in [0.25, 0.3) is 0 Å². The Bertz CT molecular complexity index is 780. The molecule has 4 nitrogen and oxygen atoms in total. The molecule has 2 aromatic carbocycles. The summed E-state index contributed by atoms with van der Waals surface area (Å²) in [4.78, 5) is 4.72. The molecule has 4 rings (SSSR count). The molecule has 2 aromatic rings. The zero-order chi connectivity index (χ0) is 15.1. The molecule has 4 heteroatoms. The minimum atomic E-state index is 0.675. The van der Waals surface area contributed by atoms with Crippen molar-refractivity contribution in [3.63, 3.8) is 0 Å². The van der Waals surface area contributed by atoms with Crippen molar-refractivity contribution in [1.82, 2.24) is 0 Å². The maximum Gasteiger partial charge on any atom is 0.164 e. The largest absolute Gasteiger partial charge is 0.493 e. The zero-order valence-corrected chi connectivity index (χ0v) is 12.7. The second kappa shape index (κ2) is 5.05. The van der Waals surface area contributed by atoms with Crippen LogP contribution in [0.1, 0.15) is 16.7 Å². The normalized spacial score (nSPS) is 14.9. The van der Waals surface area contributed by atoms with Crippen LogP contribution in [0.5, 0.6) is 23.0 Å². The maximum atomic E-state index is 6.17. The molecular formula is C18H17NO3. The number of hydrogen-bond acceptors (Lipinski definition) is 4. The summed E-state index contributed by atoms with van der Waals surface area (Å²) < 4.78 is 17.0. The Morgan fingerprint density at radius 3 is 2.64 bits per heavy atom. The molecule has 0 saturated heterocycles. The lowest BCUT2D eigenvalue weighted by Crippen LogP contribution is -2.14. The molecule has 0 unspecified atom stereocenters. The average Bonchev–Trinajstić information content (AvgIpc) is 2.71. The Labute approximate surface area is 129 Å². The Hall–Kier alpha value is -2.49. The van der Waals surface area contributed by atoms with E-state index in [2.05, 4.69) is 6.07 Å². The van der Waals surface area contributed by atoms with Crippen LogP contribution in [0.2, 0.25) is 0 Å². The molecule has 0 aliphatic carbocycles. The molecule has 0 spiro atoms. The lowest BCUT2D eigenvalue weighted by molar-refractivity contribution is 0.351. The van der Waals surface area contributed by atoms with Crippen molar-refractivity contribution in [2.24, 2.45) is 4.99 Å². The molecule has 0 fully saturated rings. The van der Waals surface area contributed by atoms with Gasteiger partial charge in [-0.3, -0.25) is 4.99 Å². The lowest BCUT2D eigenvalue weighted by Gasteiger charge is -2.17. The standard InChI is InChI=1S/C18H17NO3/c1-20-16-9-12-8-13-18-11(6-7-19-13)4-3-5-14(18)22-15(12)10-17(16)21-2/h3-5,9-10H,6-8H2,1-2H3. The number of aliphatic imine (C=N–C) groups is 1. The van der Waals surface area contributed by atoms with Gasteiger partial charge in [0.05, 0.1) is 19.9 Å².